The fourth-order valence-corrected chi connectivity index (χ4v) is 6.54. The molecule has 8 heteroatoms. The van der Waals surface area contributed by atoms with Crippen LogP contribution in [0.25, 0.3) is 21.6 Å². The fourth-order valence-electron chi connectivity index (χ4n) is 4.40. The molecule has 1 amide bonds. The third-order valence-corrected chi connectivity index (χ3v) is 8.69. The van der Waals surface area contributed by atoms with Crippen LogP contribution in [-0.2, 0) is 22.6 Å². The molecule has 0 bridgehead atoms. The molecule has 0 saturated carbocycles. The predicted molar refractivity (Wildman–Crippen MR) is 156 cm³/mol. The van der Waals surface area contributed by atoms with E-state index >= 15 is 0 Å². The molecular formula is C30H33N3O3S2. The van der Waals surface area contributed by atoms with Crippen LogP contribution < -0.4 is 9.64 Å². The minimum Gasteiger partial charge on any atom is -0.494 e. The van der Waals surface area contributed by atoms with Crippen molar-refractivity contribution in [3.8, 4) is 17.1 Å². The Morgan fingerprint density at radius 2 is 1.89 bits per heavy atom. The summed E-state index contributed by atoms with van der Waals surface area (Å²) in [5, 5.41) is 1.91. The Morgan fingerprint density at radius 3 is 2.63 bits per heavy atom. The van der Waals surface area contributed by atoms with E-state index in [0.29, 0.717) is 19.0 Å². The van der Waals surface area contributed by atoms with Gasteiger partial charge in [-0.1, -0.05) is 43.3 Å². The van der Waals surface area contributed by atoms with Gasteiger partial charge in [-0.05, 0) is 62.2 Å². The number of nitrogens with zero attached hydrogens (tertiary/aromatic N) is 3. The Bertz CT molecular complexity index is 1420. The number of fused-ring (bicyclic) bond motifs is 3. The predicted octanol–water partition coefficient (Wildman–Crippen LogP) is 7.14. The fraction of sp³-hybridized carbons (Fsp3) is 0.367. The lowest BCUT2D eigenvalue weighted by atomic mass is 9.94. The number of benzene rings is 2. The summed E-state index contributed by atoms with van der Waals surface area (Å²) in [4.78, 5) is 26.9. The van der Waals surface area contributed by atoms with Gasteiger partial charge < -0.3 is 14.4 Å². The quantitative estimate of drug-likeness (QED) is 0.126. The van der Waals surface area contributed by atoms with Gasteiger partial charge in [-0.2, -0.15) is 0 Å². The number of para-hydroxylation sites is 1. The van der Waals surface area contributed by atoms with E-state index in [2.05, 4.69) is 20.8 Å². The minimum absolute atomic E-state index is 0.0239. The SMILES string of the molecule is CCCCOc1ccc(-c2nc(SCC(=O)N(C)c3ccccc3)c3c4c(sc3n2)COC(C)(C)C4)cc1. The zero-order valence-electron chi connectivity index (χ0n) is 22.3. The highest BCUT2D eigenvalue weighted by molar-refractivity contribution is 8.00. The first kappa shape index (κ1) is 26.7. The Morgan fingerprint density at radius 1 is 1.13 bits per heavy atom. The molecule has 5 rings (SSSR count). The average Bonchev–Trinajstić information content (AvgIpc) is 3.29. The van der Waals surface area contributed by atoms with E-state index in [1.165, 1.54) is 22.2 Å². The van der Waals surface area contributed by atoms with Crippen LogP contribution in [-0.4, -0.2) is 40.9 Å². The molecule has 0 radical (unpaired) electrons. The standard InChI is InChI=1S/C30H33N3O3S2/c1-5-6-16-35-22-14-12-20(13-15-22)27-31-28(37-19-25(34)33(4)21-10-8-7-9-11-21)26-23-17-30(2,3)36-18-24(23)38-29(26)32-27/h7-15H,5-6,16-19H2,1-4H3. The van der Waals surface area contributed by atoms with E-state index in [9.17, 15) is 4.79 Å². The number of amides is 1. The summed E-state index contributed by atoms with van der Waals surface area (Å²) >= 11 is 3.15. The molecule has 0 aliphatic carbocycles. The molecule has 0 saturated heterocycles. The number of thiophene rings is 1. The van der Waals surface area contributed by atoms with Gasteiger partial charge in [-0.3, -0.25) is 4.79 Å². The van der Waals surface area contributed by atoms with Crippen molar-refractivity contribution in [1.82, 2.24) is 9.97 Å². The lowest BCUT2D eigenvalue weighted by Gasteiger charge is -2.30. The highest BCUT2D eigenvalue weighted by Gasteiger charge is 2.31. The molecule has 1 aliphatic heterocycles. The largest absolute Gasteiger partial charge is 0.494 e. The van der Waals surface area contributed by atoms with Crippen LogP contribution in [0.1, 0.15) is 44.1 Å². The summed E-state index contributed by atoms with van der Waals surface area (Å²) in [6.07, 6.45) is 2.92. The van der Waals surface area contributed by atoms with Crippen LogP contribution >= 0.6 is 23.1 Å². The number of carbonyl (C=O) groups excluding carboxylic acids is 1. The summed E-state index contributed by atoms with van der Waals surface area (Å²) in [6, 6.07) is 17.7. The van der Waals surface area contributed by atoms with Gasteiger partial charge in [0.2, 0.25) is 5.91 Å². The molecular weight excluding hydrogens is 514 g/mol. The molecule has 198 valence electrons. The monoisotopic (exact) mass is 547 g/mol. The van der Waals surface area contributed by atoms with Gasteiger partial charge in [-0.25, -0.2) is 9.97 Å². The number of ether oxygens (including phenoxy) is 2. The van der Waals surface area contributed by atoms with Gasteiger partial charge in [0.25, 0.3) is 0 Å². The first-order valence-corrected chi connectivity index (χ1v) is 14.8. The number of unbranched alkanes of at least 4 members (excludes halogenated alkanes) is 1. The highest BCUT2D eigenvalue weighted by Crippen LogP contribution is 2.42. The Labute approximate surface area is 232 Å². The smallest absolute Gasteiger partial charge is 0.237 e. The molecule has 3 heterocycles. The summed E-state index contributed by atoms with van der Waals surface area (Å²) in [5.41, 5.74) is 2.80. The lowest BCUT2D eigenvalue weighted by molar-refractivity contribution is -0.115. The summed E-state index contributed by atoms with van der Waals surface area (Å²) in [6.45, 7) is 7.66. The Balaban J connectivity index is 1.47. The van der Waals surface area contributed by atoms with Crippen LogP contribution in [0.15, 0.2) is 59.6 Å². The number of aromatic nitrogens is 2. The van der Waals surface area contributed by atoms with Crippen molar-refractivity contribution in [1.29, 1.82) is 0 Å². The molecule has 0 spiro atoms. The topological polar surface area (TPSA) is 64.5 Å². The van der Waals surface area contributed by atoms with Crippen molar-refractivity contribution >= 4 is 44.9 Å². The van der Waals surface area contributed by atoms with E-state index in [0.717, 1.165) is 51.5 Å². The molecule has 1 aliphatic rings. The number of hydrogen-bond acceptors (Lipinski definition) is 7. The maximum atomic E-state index is 13.1. The highest BCUT2D eigenvalue weighted by atomic mass is 32.2. The van der Waals surface area contributed by atoms with Crippen molar-refractivity contribution in [3.05, 3.63) is 65.0 Å². The van der Waals surface area contributed by atoms with Gasteiger partial charge in [-0.15, -0.1) is 11.3 Å². The number of hydrogen-bond donors (Lipinski definition) is 0. The van der Waals surface area contributed by atoms with Gasteiger partial charge in [0.15, 0.2) is 5.82 Å². The van der Waals surface area contributed by atoms with Crippen LogP contribution in [0.2, 0.25) is 0 Å². The second-order valence-electron chi connectivity index (χ2n) is 10.1. The van der Waals surface area contributed by atoms with E-state index in [1.807, 2.05) is 61.6 Å². The van der Waals surface area contributed by atoms with Gasteiger partial charge in [0.05, 0.1) is 24.6 Å². The normalized spacial score (nSPS) is 14.3. The molecule has 2 aromatic carbocycles. The van der Waals surface area contributed by atoms with E-state index in [1.54, 1.807) is 16.2 Å². The number of rotatable bonds is 9. The Hall–Kier alpha value is -2.94. The molecule has 4 aromatic rings. The second-order valence-corrected chi connectivity index (χ2v) is 12.1. The molecule has 0 atom stereocenters. The van der Waals surface area contributed by atoms with Gasteiger partial charge >= 0.3 is 0 Å². The molecule has 2 aromatic heterocycles. The second kappa shape index (κ2) is 11.4. The van der Waals surface area contributed by atoms with Crippen molar-refractivity contribution < 1.29 is 14.3 Å². The molecule has 0 unspecified atom stereocenters. The maximum Gasteiger partial charge on any atom is 0.237 e. The van der Waals surface area contributed by atoms with E-state index in [-0.39, 0.29) is 17.3 Å². The third kappa shape index (κ3) is 5.87. The average molecular weight is 548 g/mol. The van der Waals surface area contributed by atoms with E-state index < -0.39 is 0 Å². The zero-order chi connectivity index (χ0) is 26.7. The van der Waals surface area contributed by atoms with Crippen LogP contribution in [0.3, 0.4) is 0 Å². The van der Waals surface area contributed by atoms with Crippen molar-refractivity contribution in [2.75, 3.05) is 24.3 Å². The summed E-state index contributed by atoms with van der Waals surface area (Å²) in [7, 11) is 1.82. The van der Waals surface area contributed by atoms with Crippen LogP contribution in [0, 0.1) is 0 Å². The van der Waals surface area contributed by atoms with Crippen LogP contribution in [0.4, 0.5) is 5.69 Å². The van der Waals surface area contributed by atoms with Gasteiger partial charge in [0, 0.05) is 35.0 Å². The van der Waals surface area contributed by atoms with Crippen molar-refractivity contribution in [2.45, 2.75) is 57.3 Å². The van der Waals surface area contributed by atoms with Gasteiger partial charge in [0.1, 0.15) is 15.6 Å². The van der Waals surface area contributed by atoms with E-state index in [4.69, 9.17) is 19.4 Å². The number of anilines is 1. The summed E-state index contributed by atoms with van der Waals surface area (Å²) < 4.78 is 11.9. The molecule has 0 fully saturated rings. The summed E-state index contributed by atoms with van der Waals surface area (Å²) in [5.74, 6) is 1.81. The molecule has 0 N–H and O–H groups in total. The van der Waals surface area contributed by atoms with Crippen molar-refractivity contribution in [3.63, 3.8) is 0 Å². The van der Waals surface area contributed by atoms with Crippen molar-refractivity contribution in [2.24, 2.45) is 0 Å². The zero-order valence-corrected chi connectivity index (χ0v) is 24.0. The molecule has 38 heavy (non-hydrogen) atoms. The third-order valence-electron chi connectivity index (χ3n) is 6.63. The minimum atomic E-state index is -0.251. The number of thioether (sulfide) groups is 1. The maximum absolute atomic E-state index is 13.1. The first-order valence-electron chi connectivity index (χ1n) is 13.0. The first-order chi connectivity index (χ1) is 18.3. The lowest BCUT2D eigenvalue weighted by Crippen LogP contribution is -2.31. The van der Waals surface area contributed by atoms with Crippen LogP contribution in [0.5, 0.6) is 5.75 Å². The molecule has 6 nitrogen and oxygen atoms in total. The number of carbonyl (C=O) groups is 1. The Kier molecular flexibility index (Phi) is 8.02.